The highest BCUT2D eigenvalue weighted by molar-refractivity contribution is 5.79. The van der Waals surface area contributed by atoms with Crippen molar-refractivity contribution in [2.45, 2.75) is 32.3 Å². The Morgan fingerprint density at radius 1 is 1.00 bits per heavy atom. The fourth-order valence-electron chi connectivity index (χ4n) is 3.63. The highest BCUT2D eigenvalue weighted by atomic mass is 16.5. The summed E-state index contributed by atoms with van der Waals surface area (Å²) < 4.78 is 5.95. The topological polar surface area (TPSA) is 55.3 Å². The van der Waals surface area contributed by atoms with Crippen molar-refractivity contribution in [3.63, 3.8) is 0 Å². The molecule has 1 amide bonds. The first-order valence-electron chi connectivity index (χ1n) is 10.1. The minimum Gasteiger partial charge on any atom is -0.474 e. The number of ether oxygens (including phenoxy) is 1. The maximum Gasteiger partial charge on any atom is 0.226 e. The molecule has 148 valence electrons. The summed E-state index contributed by atoms with van der Waals surface area (Å²) in [6.07, 6.45) is 3.88. The van der Waals surface area contributed by atoms with Crippen molar-refractivity contribution in [3.8, 4) is 17.0 Å². The molecule has 2 heterocycles. The minimum atomic E-state index is 0.0958. The second kappa shape index (κ2) is 8.86. The molecule has 1 aliphatic heterocycles. The molecule has 2 aromatic carbocycles. The molecule has 0 atom stereocenters. The molecule has 0 spiro atoms. The van der Waals surface area contributed by atoms with Crippen molar-refractivity contribution in [1.82, 2.24) is 14.9 Å². The number of nitrogens with zero attached hydrogens (tertiary/aromatic N) is 3. The Morgan fingerprint density at radius 2 is 1.69 bits per heavy atom. The maximum absolute atomic E-state index is 12.7. The molecule has 4 rings (SSSR count). The molecule has 5 heteroatoms. The van der Waals surface area contributed by atoms with Crippen LogP contribution in [-0.2, 0) is 11.2 Å². The molecule has 0 N–H and O–H groups in total. The van der Waals surface area contributed by atoms with E-state index in [1.807, 2.05) is 42.2 Å². The molecule has 29 heavy (non-hydrogen) atoms. The number of carbonyl (C=O) groups is 1. The van der Waals surface area contributed by atoms with Crippen LogP contribution in [0.1, 0.15) is 24.2 Å². The molecule has 0 radical (unpaired) electrons. The molecule has 3 aromatic rings. The van der Waals surface area contributed by atoms with Gasteiger partial charge < -0.3 is 9.64 Å². The first-order chi connectivity index (χ1) is 14.2. The van der Waals surface area contributed by atoms with E-state index in [0.29, 0.717) is 18.1 Å². The van der Waals surface area contributed by atoms with E-state index < -0.39 is 0 Å². The van der Waals surface area contributed by atoms with Gasteiger partial charge in [0.2, 0.25) is 11.8 Å². The molecule has 1 aliphatic rings. The first-order valence-corrected chi connectivity index (χ1v) is 10.1. The number of hydrogen-bond donors (Lipinski definition) is 0. The third-order valence-corrected chi connectivity index (χ3v) is 5.25. The number of rotatable bonds is 5. The molecular weight excluding hydrogens is 362 g/mol. The third-order valence-electron chi connectivity index (χ3n) is 5.25. The maximum atomic E-state index is 12.7. The van der Waals surface area contributed by atoms with E-state index in [1.165, 1.54) is 11.1 Å². The molecule has 1 aromatic heterocycles. The minimum absolute atomic E-state index is 0.0958. The van der Waals surface area contributed by atoms with Crippen LogP contribution in [0.3, 0.4) is 0 Å². The van der Waals surface area contributed by atoms with Crippen LogP contribution in [0.25, 0.3) is 11.1 Å². The summed E-state index contributed by atoms with van der Waals surface area (Å²) in [6.45, 7) is 3.28. The average Bonchev–Trinajstić information content (AvgIpc) is 2.75. The smallest absolute Gasteiger partial charge is 0.226 e. The van der Waals surface area contributed by atoms with Gasteiger partial charge in [0.25, 0.3) is 0 Å². The van der Waals surface area contributed by atoms with Gasteiger partial charge in [0.1, 0.15) is 11.9 Å². The van der Waals surface area contributed by atoms with Gasteiger partial charge >= 0.3 is 0 Å². The summed E-state index contributed by atoms with van der Waals surface area (Å²) in [5, 5.41) is 0. The van der Waals surface area contributed by atoms with E-state index in [4.69, 9.17) is 4.74 Å². The summed E-state index contributed by atoms with van der Waals surface area (Å²) >= 11 is 0. The predicted octanol–water partition coefficient (Wildman–Crippen LogP) is 4.06. The number of benzene rings is 2. The summed E-state index contributed by atoms with van der Waals surface area (Å²) in [4.78, 5) is 23.0. The summed E-state index contributed by atoms with van der Waals surface area (Å²) in [7, 11) is 0. The largest absolute Gasteiger partial charge is 0.474 e. The lowest BCUT2D eigenvalue weighted by atomic mass is 10.0. The molecule has 0 bridgehead atoms. The summed E-state index contributed by atoms with van der Waals surface area (Å²) in [5.41, 5.74) is 3.40. The van der Waals surface area contributed by atoms with Crippen molar-refractivity contribution < 1.29 is 9.53 Å². The molecule has 0 aliphatic carbocycles. The zero-order valence-corrected chi connectivity index (χ0v) is 16.6. The van der Waals surface area contributed by atoms with E-state index in [2.05, 4.69) is 34.2 Å². The standard InChI is InChI=1S/C24H25N3O2/c1-18-25-14-11-23(26-18)29-22-12-15-27(16-13-22)24(28)17-19-7-9-21(10-8-19)20-5-3-2-4-6-20/h2-11,14,22H,12-13,15-17H2,1H3. The van der Waals surface area contributed by atoms with Crippen molar-refractivity contribution in [3.05, 3.63) is 78.2 Å². The molecular formula is C24H25N3O2. The third kappa shape index (κ3) is 4.99. The number of amides is 1. The lowest BCUT2D eigenvalue weighted by Gasteiger charge is -2.32. The van der Waals surface area contributed by atoms with Crippen LogP contribution in [0.4, 0.5) is 0 Å². The lowest BCUT2D eigenvalue weighted by molar-refractivity contribution is -0.132. The number of aryl methyl sites for hydroxylation is 1. The van der Waals surface area contributed by atoms with Gasteiger partial charge in [0.05, 0.1) is 6.42 Å². The quantitative estimate of drug-likeness (QED) is 0.662. The zero-order chi connectivity index (χ0) is 20.1. The highest BCUT2D eigenvalue weighted by Crippen LogP contribution is 2.21. The molecule has 0 saturated carbocycles. The summed E-state index contributed by atoms with van der Waals surface area (Å²) in [6, 6.07) is 20.3. The van der Waals surface area contributed by atoms with Crippen LogP contribution in [-0.4, -0.2) is 40.0 Å². The number of piperidine rings is 1. The fraction of sp³-hybridized carbons (Fsp3) is 0.292. The number of carbonyl (C=O) groups excluding carboxylic acids is 1. The van der Waals surface area contributed by atoms with Gasteiger partial charge in [-0.15, -0.1) is 0 Å². The second-order valence-electron chi connectivity index (χ2n) is 7.38. The zero-order valence-electron chi connectivity index (χ0n) is 16.6. The number of aromatic nitrogens is 2. The van der Waals surface area contributed by atoms with Gasteiger partial charge in [0.15, 0.2) is 0 Å². The van der Waals surface area contributed by atoms with Crippen molar-refractivity contribution in [2.24, 2.45) is 0 Å². The Labute approximate surface area is 171 Å². The normalized spacial score (nSPS) is 14.6. The fourth-order valence-corrected chi connectivity index (χ4v) is 3.63. The van der Waals surface area contributed by atoms with Crippen LogP contribution in [0.2, 0.25) is 0 Å². The van der Waals surface area contributed by atoms with Crippen LogP contribution < -0.4 is 4.74 Å². The van der Waals surface area contributed by atoms with E-state index in [-0.39, 0.29) is 12.0 Å². The van der Waals surface area contributed by atoms with Crippen LogP contribution >= 0.6 is 0 Å². The van der Waals surface area contributed by atoms with E-state index in [9.17, 15) is 4.79 Å². The summed E-state index contributed by atoms with van der Waals surface area (Å²) in [5.74, 6) is 1.49. The predicted molar refractivity (Wildman–Crippen MR) is 113 cm³/mol. The van der Waals surface area contributed by atoms with Crippen molar-refractivity contribution in [1.29, 1.82) is 0 Å². The van der Waals surface area contributed by atoms with Gasteiger partial charge in [-0.05, 0) is 23.6 Å². The lowest BCUT2D eigenvalue weighted by Crippen LogP contribution is -2.42. The van der Waals surface area contributed by atoms with E-state index >= 15 is 0 Å². The van der Waals surface area contributed by atoms with Crippen LogP contribution in [0.5, 0.6) is 5.88 Å². The van der Waals surface area contributed by atoms with Crippen molar-refractivity contribution >= 4 is 5.91 Å². The Hall–Kier alpha value is -3.21. The highest BCUT2D eigenvalue weighted by Gasteiger charge is 2.24. The number of hydrogen-bond acceptors (Lipinski definition) is 4. The Bertz CT molecular complexity index is 949. The Kier molecular flexibility index (Phi) is 5.84. The van der Waals surface area contributed by atoms with Gasteiger partial charge in [0, 0.05) is 38.2 Å². The van der Waals surface area contributed by atoms with E-state index in [0.717, 1.165) is 31.5 Å². The van der Waals surface area contributed by atoms with Gasteiger partial charge in [-0.1, -0.05) is 54.6 Å². The molecule has 1 fully saturated rings. The Balaban J connectivity index is 1.28. The van der Waals surface area contributed by atoms with Gasteiger partial charge in [-0.2, -0.15) is 4.98 Å². The van der Waals surface area contributed by atoms with Crippen LogP contribution in [0.15, 0.2) is 66.9 Å². The molecule has 0 unspecified atom stereocenters. The van der Waals surface area contributed by atoms with E-state index in [1.54, 1.807) is 12.3 Å². The van der Waals surface area contributed by atoms with Crippen molar-refractivity contribution in [2.75, 3.05) is 13.1 Å². The SMILES string of the molecule is Cc1nccc(OC2CCN(C(=O)Cc3ccc(-c4ccccc4)cc3)CC2)n1. The number of likely N-dealkylation sites (tertiary alicyclic amines) is 1. The van der Waals surface area contributed by atoms with Crippen LogP contribution in [0, 0.1) is 6.92 Å². The monoisotopic (exact) mass is 387 g/mol. The van der Waals surface area contributed by atoms with Gasteiger partial charge in [-0.25, -0.2) is 4.98 Å². The Morgan fingerprint density at radius 3 is 2.38 bits per heavy atom. The molecule has 1 saturated heterocycles. The first kappa shape index (κ1) is 19.1. The average molecular weight is 387 g/mol. The van der Waals surface area contributed by atoms with Gasteiger partial charge in [-0.3, -0.25) is 4.79 Å². The second-order valence-corrected chi connectivity index (χ2v) is 7.38. The molecule has 5 nitrogen and oxygen atoms in total.